The quantitative estimate of drug-likeness (QED) is 0.358. The number of aliphatic carboxylic acids is 1. The molecule has 0 bridgehead atoms. The summed E-state index contributed by atoms with van der Waals surface area (Å²) in [7, 11) is 2.41. The molecule has 0 spiro atoms. The van der Waals surface area contributed by atoms with Crippen LogP contribution in [-0.4, -0.2) is 36.2 Å². The average Bonchev–Trinajstić information content (AvgIpc) is 2.43. The predicted molar refractivity (Wildman–Crippen MR) is 66.5 cm³/mol. The highest BCUT2D eigenvalue weighted by molar-refractivity contribution is 5.94. The lowest BCUT2D eigenvalue weighted by Crippen LogP contribution is -2.27. The molecular formula is C12H13NO7. The van der Waals surface area contributed by atoms with Crippen LogP contribution in [0.3, 0.4) is 0 Å². The first-order valence-corrected chi connectivity index (χ1v) is 5.52. The van der Waals surface area contributed by atoms with E-state index in [0.29, 0.717) is 5.56 Å². The molecule has 8 nitrogen and oxygen atoms in total. The molecule has 0 radical (unpaired) electrons. The second-order valence-corrected chi connectivity index (χ2v) is 3.91. The molecule has 0 heterocycles. The van der Waals surface area contributed by atoms with Gasteiger partial charge in [-0.1, -0.05) is 0 Å². The van der Waals surface area contributed by atoms with Gasteiger partial charge in [0.2, 0.25) is 0 Å². The second kappa shape index (κ2) is 6.50. The number of carboxylic acids is 1. The molecule has 1 rings (SSSR count). The third-order valence-electron chi connectivity index (χ3n) is 2.62. The Bertz CT molecular complexity index is 541. The van der Waals surface area contributed by atoms with Crippen LogP contribution in [0, 0.1) is 16.0 Å². The zero-order chi connectivity index (χ0) is 15.3. The number of benzene rings is 1. The first-order chi connectivity index (χ1) is 9.38. The number of methoxy groups -OCH3 is 2. The van der Waals surface area contributed by atoms with Crippen LogP contribution in [0.4, 0.5) is 5.69 Å². The van der Waals surface area contributed by atoms with Crippen LogP contribution in [0.25, 0.3) is 0 Å². The van der Waals surface area contributed by atoms with E-state index in [1.807, 2.05) is 0 Å². The summed E-state index contributed by atoms with van der Waals surface area (Å²) in [5.74, 6) is -3.49. The molecule has 108 valence electrons. The predicted octanol–water partition coefficient (Wildman–Crippen LogP) is 1.02. The van der Waals surface area contributed by atoms with Crippen molar-refractivity contribution < 1.29 is 29.1 Å². The number of ether oxygens (including phenoxy) is 2. The van der Waals surface area contributed by atoms with Gasteiger partial charge in [-0.3, -0.25) is 19.7 Å². The van der Waals surface area contributed by atoms with E-state index in [-0.39, 0.29) is 17.9 Å². The number of rotatable bonds is 6. The number of non-ortho nitro benzene ring substituents is 1. The fourth-order valence-corrected chi connectivity index (χ4v) is 1.63. The Morgan fingerprint density at radius 1 is 1.35 bits per heavy atom. The van der Waals surface area contributed by atoms with E-state index in [2.05, 4.69) is 4.74 Å². The van der Waals surface area contributed by atoms with E-state index in [4.69, 9.17) is 9.84 Å². The van der Waals surface area contributed by atoms with Gasteiger partial charge in [-0.15, -0.1) is 0 Å². The van der Waals surface area contributed by atoms with E-state index >= 15 is 0 Å². The Hall–Kier alpha value is -2.64. The van der Waals surface area contributed by atoms with E-state index in [1.54, 1.807) is 0 Å². The van der Waals surface area contributed by atoms with Gasteiger partial charge in [0.05, 0.1) is 25.2 Å². The number of esters is 1. The Morgan fingerprint density at radius 3 is 2.45 bits per heavy atom. The van der Waals surface area contributed by atoms with Crippen molar-refractivity contribution in [3.8, 4) is 5.75 Å². The number of carbonyl (C=O) groups excluding carboxylic acids is 1. The summed E-state index contributed by atoms with van der Waals surface area (Å²) in [6, 6.07) is 3.84. The largest absolute Gasteiger partial charge is 0.496 e. The molecule has 1 unspecified atom stereocenters. The van der Waals surface area contributed by atoms with E-state index in [9.17, 15) is 19.7 Å². The topological polar surface area (TPSA) is 116 Å². The molecule has 0 aromatic heterocycles. The molecular weight excluding hydrogens is 270 g/mol. The summed E-state index contributed by atoms with van der Waals surface area (Å²) in [4.78, 5) is 32.5. The van der Waals surface area contributed by atoms with Crippen LogP contribution in [-0.2, 0) is 20.7 Å². The monoisotopic (exact) mass is 283 g/mol. The van der Waals surface area contributed by atoms with Gasteiger partial charge in [0.1, 0.15) is 5.75 Å². The fourth-order valence-electron chi connectivity index (χ4n) is 1.63. The number of hydrogen-bond acceptors (Lipinski definition) is 6. The number of carbonyl (C=O) groups is 2. The van der Waals surface area contributed by atoms with Crippen molar-refractivity contribution >= 4 is 17.6 Å². The summed E-state index contributed by atoms with van der Waals surface area (Å²) < 4.78 is 9.30. The summed E-state index contributed by atoms with van der Waals surface area (Å²) in [5, 5.41) is 19.7. The highest BCUT2D eigenvalue weighted by Crippen LogP contribution is 2.24. The van der Waals surface area contributed by atoms with Crippen LogP contribution in [0.2, 0.25) is 0 Å². The molecule has 0 amide bonds. The lowest BCUT2D eigenvalue weighted by molar-refractivity contribution is -0.385. The van der Waals surface area contributed by atoms with Crippen molar-refractivity contribution in [3.63, 3.8) is 0 Å². The summed E-state index contributed by atoms with van der Waals surface area (Å²) >= 11 is 0. The number of nitrogens with zero attached hydrogens (tertiary/aromatic N) is 1. The zero-order valence-corrected chi connectivity index (χ0v) is 10.9. The number of hydrogen-bond donors (Lipinski definition) is 1. The van der Waals surface area contributed by atoms with Crippen molar-refractivity contribution in [2.45, 2.75) is 6.42 Å². The van der Waals surface area contributed by atoms with Crippen LogP contribution in [0.5, 0.6) is 5.75 Å². The molecule has 0 fully saturated rings. The van der Waals surface area contributed by atoms with Crippen molar-refractivity contribution in [3.05, 3.63) is 33.9 Å². The van der Waals surface area contributed by atoms with Gasteiger partial charge in [-0.2, -0.15) is 0 Å². The normalized spacial score (nSPS) is 11.5. The van der Waals surface area contributed by atoms with Crippen molar-refractivity contribution in [2.24, 2.45) is 5.92 Å². The second-order valence-electron chi connectivity index (χ2n) is 3.91. The molecule has 1 aromatic rings. The van der Waals surface area contributed by atoms with E-state index in [0.717, 1.165) is 7.11 Å². The molecule has 1 N–H and O–H groups in total. The zero-order valence-electron chi connectivity index (χ0n) is 10.9. The summed E-state index contributed by atoms with van der Waals surface area (Å²) in [6.07, 6.45) is -0.222. The molecule has 0 saturated heterocycles. The van der Waals surface area contributed by atoms with Gasteiger partial charge in [0.25, 0.3) is 5.69 Å². The number of nitro benzene ring substituents is 1. The summed E-state index contributed by atoms with van der Waals surface area (Å²) in [6.45, 7) is 0. The van der Waals surface area contributed by atoms with Crippen LogP contribution in [0.1, 0.15) is 5.56 Å². The standard InChI is InChI=1S/C12H13NO7/c1-19-9-4-7(3-8(6-9)13(17)18)5-10(11(14)15)12(16)20-2/h3-4,6,10H,5H2,1-2H3,(H,14,15). The Kier molecular flexibility index (Phi) is 5.01. The smallest absolute Gasteiger partial charge is 0.320 e. The molecule has 8 heteroatoms. The van der Waals surface area contributed by atoms with Gasteiger partial charge in [0, 0.05) is 6.07 Å². The summed E-state index contributed by atoms with van der Waals surface area (Å²) in [5.41, 5.74) is 0.0576. The maximum absolute atomic E-state index is 11.4. The van der Waals surface area contributed by atoms with Crippen LogP contribution >= 0.6 is 0 Å². The number of carboxylic acid groups (broad SMARTS) is 1. The fraction of sp³-hybridized carbons (Fsp3) is 0.333. The first-order valence-electron chi connectivity index (χ1n) is 5.52. The van der Waals surface area contributed by atoms with Gasteiger partial charge < -0.3 is 14.6 Å². The molecule has 0 aliphatic rings. The van der Waals surface area contributed by atoms with Gasteiger partial charge in [-0.05, 0) is 18.1 Å². The number of nitro groups is 1. The van der Waals surface area contributed by atoms with Crippen molar-refractivity contribution in [1.82, 2.24) is 0 Å². The molecule has 1 aromatic carbocycles. The highest BCUT2D eigenvalue weighted by Gasteiger charge is 2.28. The molecule has 0 aliphatic heterocycles. The molecule has 0 saturated carbocycles. The average molecular weight is 283 g/mol. The third kappa shape index (κ3) is 3.67. The minimum atomic E-state index is -1.42. The van der Waals surface area contributed by atoms with E-state index < -0.39 is 22.8 Å². The Labute approximate surface area is 114 Å². The van der Waals surface area contributed by atoms with Crippen molar-refractivity contribution in [2.75, 3.05) is 14.2 Å². The maximum Gasteiger partial charge on any atom is 0.320 e. The third-order valence-corrected chi connectivity index (χ3v) is 2.62. The lowest BCUT2D eigenvalue weighted by atomic mass is 9.99. The SMILES string of the molecule is COC(=O)C(Cc1cc(OC)cc([N+](=O)[O-])c1)C(=O)O. The molecule has 0 aliphatic carbocycles. The van der Waals surface area contributed by atoms with E-state index in [1.165, 1.54) is 25.3 Å². The maximum atomic E-state index is 11.4. The minimum absolute atomic E-state index is 0.211. The van der Waals surface area contributed by atoms with Gasteiger partial charge in [-0.25, -0.2) is 0 Å². The molecule has 20 heavy (non-hydrogen) atoms. The highest BCUT2D eigenvalue weighted by atomic mass is 16.6. The van der Waals surface area contributed by atoms with Crippen LogP contribution < -0.4 is 4.74 Å². The lowest BCUT2D eigenvalue weighted by Gasteiger charge is -2.11. The molecule has 1 atom stereocenters. The van der Waals surface area contributed by atoms with Gasteiger partial charge in [0.15, 0.2) is 5.92 Å². The van der Waals surface area contributed by atoms with Crippen LogP contribution in [0.15, 0.2) is 18.2 Å². The Balaban J connectivity index is 3.12. The minimum Gasteiger partial charge on any atom is -0.496 e. The Morgan fingerprint density at radius 2 is 2.00 bits per heavy atom. The van der Waals surface area contributed by atoms with Gasteiger partial charge >= 0.3 is 11.9 Å². The van der Waals surface area contributed by atoms with Crippen molar-refractivity contribution in [1.29, 1.82) is 0 Å². The first kappa shape index (κ1) is 15.4.